The maximum Gasteiger partial charge on any atom is 0.232 e. The van der Waals surface area contributed by atoms with E-state index in [0.717, 1.165) is 17.7 Å². The van der Waals surface area contributed by atoms with Crippen molar-refractivity contribution in [3.8, 4) is 11.6 Å². The zero-order valence-electron chi connectivity index (χ0n) is 12.0. The molecule has 0 saturated carbocycles. The quantitative estimate of drug-likeness (QED) is 0.729. The molecule has 0 bridgehead atoms. The number of carbonyl (C=O) groups excluding carboxylic acids is 1. The molecule has 0 radical (unpaired) electrons. The van der Waals surface area contributed by atoms with E-state index in [0.29, 0.717) is 24.8 Å². The first-order chi connectivity index (χ1) is 10.3. The molecule has 1 aromatic heterocycles. The van der Waals surface area contributed by atoms with Crippen molar-refractivity contribution >= 4 is 12.2 Å². The van der Waals surface area contributed by atoms with Crippen LogP contribution in [0.25, 0.3) is 0 Å². The second-order valence-corrected chi connectivity index (χ2v) is 4.24. The largest absolute Gasteiger partial charge is 0.497 e. The topological polar surface area (TPSA) is 64.6 Å². The lowest BCUT2D eigenvalue weighted by atomic mass is 10.2. The van der Waals surface area contributed by atoms with Gasteiger partial charge in [0.15, 0.2) is 5.82 Å². The van der Waals surface area contributed by atoms with Crippen LogP contribution in [0.5, 0.6) is 11.6 Å². The Balaban J connectivity index is 1.95. The minimum atomic E-state index is 0.392. The van der Waals surface area contributed by atoms with Gasteiger partial charge in [-0.1, -0.05) is 12.1 Å². The van der Waals surface area contributed by atoms with Crippen LogP contribution in [0.4, 0.5) is 5.82 Å². The Morgan fingerprint density at radius 1 is 1.19 bits per heavy atom. The molecule has 0 atom stereocenters. The Hall–Kier alpha value is -2.63. The van der Waals surface area contributed by atoms with Crippen molar-refractivity contribution < 1.29 is 14.3 Å². The molecule has 0 aliphatic rings. The molecule has 1 heterocycles. The predicted molar refractivity (Wildman–Crippen MR) is 78.4 cm³/mol. The number of methoxy groups -OCH3 is 1. The molecule has 0 fully saturated rings. The molecule has 2 aromatic rings. The van der Waals surface area contributed by atoms with Gasteiger partial charge in [0.1, 0.15) is 12.4 Å². The number of hydrogen-bond acceptors (Lipinski definition) is 5. The van der Waals surface area contributed by atoms with Gasteiger partial charge in [-0.15, -0.1) is 0 Å². The lowest BCUT2D eigenvalue weighted by Crippen LogP contribution is -2.21. The minimum Gasteiger partial charge on any atom is -0.497 e. The van der Waals surface area contributed by atoms with Crippen LogP contribution in [0, 0.1) is 0 Å². The zero-order valence-corrected chi connectivity index (χ0v) is 12.0. The summed E-state index contributed by atoms with van der Waals surface area (Å²) in [7, 11) is 1.63. The fourth-order valence-corrected chi connectivity index (χ4v) is 1.70. The van der Waals surface area contributed by atoms with Gasteiger partial charge in [0.2, 0.25) is 12.3 Å². The normalized spacial score (nSPS) is 10.0. The van der Waals surface area contributed by atoms with Gasteiger partial charge in [-0.2, -0.15) is 0 Å². The van der Waals surface area contributed by atoms with E-state index in [9.17, 15) is 4.79 Å². The third-order valence-corrected chi connectivity index (χ3v) is 2.92. The molecular formula is C15H17N3O3. The van der Waals surface area contributed by atoms with Gasteiger partial charge in [-0.3, -0.25) is 9.69 Å². The number of nitrogens with zero attached hydrogens (tertiary/aromatic N) is 3. The first-order valence-corrected chi connectivity index (χ1v) is 6.56. The van der Waals surface area contributed by atoms with Crippen LogP contribution in [0.1, 0.15) is 12.5 Å². The van der Waals surface area contributed by atoms with Gasteiger partial charge in [-0.25, -0.2) is 9.97 Å². The Bertz CT molecular complexity index is 570. The molecule has 2 rings (SSSR count). The van der Waals surface area contributed by atoms with E-state index in [1.54, 1.807) is 7.11 Å². The van der Waals surface area contributed by atoms with Crippen molar-refractivity contribution in [3.05, 3.63) is 42.2 Å². The Morgan fingerprint density at radius 2 is 1.95 bits per heavy atom. The van der Waals surface area contributed by atoms with E-state index in [1.807, 2.05) is 31.2 Å². The number of carbonyl (C=O) groups is 1. The van der Waals surface area contributed by atoms with E-state index in [2.05, 4.69) is 9.97 Å². The second kappa shape index (κ2) is 7.23. The third-order valence-electron chi connectivity index (χ3n) is 2.92. The summed E-state index contributed by atoms with van der Waals surface area (Å²) in [5.74, 6) is 1.72. The monoisotopic (exact) mass is 287 g/mol. The second-order valence-electron chi connectivity index (χ2n) is 4.24. The average molecular weight is 287 g/mol. The summed E-state index contributed by atoms with van der Waals surface area (Å²) in [6.07, 6.45) is 3.74. The van der Waals surface area contributed by atoms with E-state index in [-0.39, 0.29) is 0 Å². The molecule has 0 unspecified atom stereocenters. The van der Waals surface area contributed by atoms with Crippen LogP contribution in [-0.2, 0) is 11.4 Å². The summed E-state index contributed by atoms with van der Waals surface area (Å²) in [5, 5.41) is 0. The number of amides is 1. The van der Waals surface area contributed by atoms with E-state index < -0.39 is 0 Å². The van der Waals surface area contributed by atoms with Gasteiger partial charge in [0.05, 0.1) is 19.5 Å². The molecular weight excluding hydrogens is 270 g/mol. The van der Waals surface area contributed by atoms with Crippen LogP contribution in [-0.4, -0.2) is 30.0 Å². The van der Waals surface area contributed by atoms with Crippen LogP contribution in [0.3, 0.4) is 0 Å². The molecule has 1 amide bonds. The Labute approximate surface area is 123 Å². The minimum absolute atomic E-state index is 0.392. The Kier molecular flexibility index (Phi) is 5.09. The highest BCUT2D eigenvalue weighted by atomic mass is 16.5. The highest BCUT2D eigenvalue weighted by molar-refractivity contribution is 5.72. The summed E-state index contributed by atoms with van der Waals surface area (Å²) in [6, 6.07) is 7.59. The molecule has 0 aliphatic carbocycles. The number of rotatable bonds is 7. The molecule has 0 spiro atoms. The van der Waals surface area contributed by atoms with Crippen molar-refractivity contribution in [1.82, 2.24) is 9.97 Å². The van der Waals surface area contributed by atoms with Gasteiger partial charge >= 0.3 is 0 Å². The van der Waals surface area contributed by atoms with Crippen LogP contribution in [0.2, 0.25) is 0 Å². The smallest absolute Gasteiger partial charge is 0.232 e. The lowest BCUT2D eigenvalue weighted by molar-refractivity contribution is -0.107. The van der Waals surface area contributed by atoms with Crippen molar-refractivity contribution in [2.45, 2.75) is 13.5 Å². The maximum atomic E-state index is 10.8. The van der Waals surface area contributed by atoms with Gasteiger partial charge in [-0.05, 0) is 24.6 Å². The predicted octanol–water partition coefficient (Wildman–Crippen LogP) is 2.05. The van der Waals surface area contributed by atoms with E-state index >= 15 is 0 Å². The lowest BCUT2D eigenvalue weighted by Gasteiger charge is -2.13. The van der Waals surface area contributed by atoms with Crippen molar-refractivity contribution in [3.63, 3.8) is 0 Å². The molecule has 110 valence electrons. The van der Waals surface area contributed by atoms with Gasteiger partial charge in [0, 0.05) is 6.54 Å². The number of aromatic nitrogens is 2. The van der Waals surface area contributed by atoms with E-state index in [4.69, 9.17) is 9.47 Å². The van der Waals surface area contributed by atoms with Crippen LogP contribution >= 0.6 is 0 Å². The van der Waals surface area contributed by atoms with Crippen LogP contribution < -0.4 is 14.4 Å². The SMILES string of the molecule is CCN(C=O)c1cnc(OCc2ccc(OC)cc2)cn1. The van der Waals surface area contributed by atoms with Gasteiger partial charge in [0.25, 0.3) is 0 Å². The number of ether oxygens (including phenoxy) is 2. The zero-order chi connectivity index (χ0) is 15.1. The molecule has 0 aliphatic heterocycles. The maximum absolute atomic E-state index is 10.8. The summed E-state index contributed by atoms with van der Waals surface area (Å²) in [6.45, 7) is 2.80. The van der Waals surface area contributed by atoms with Crippen molar-refractivity contribution in [2.24, 2.45) is 0 Å². The highest BCUT2D eigenvalue weighted by Gasteiger charge is 2.05. The molecule has 21 heavy (non-hydrogen) atoms. The fraction of sp³-hybridized carbons (Fsp3) is 0.267. The van der Waals surface area contributed by atoms with Crippen LogP contribution in [0.15, 0.2) is 36.7 Å². The van der Waals surface area contributed by atoms with E-state index in [1.165, 1.54) is 17.3 Å². The molecule has 6 heteroatoms. The number of hydrogen-bond donors (Lipinski definition) is 0. The highest BCUT2D eigenvalue weighted by Crippen LogP contribution is 2.15. The molecule has 0 N–H and O–H groups in total. The molecule has 0 saturated heterocycles. The summed E-state index contributed by atoms with van der Waals surface area (Å²) >= 11 is 0. The number of anilines is 1. The van der Waals surface area contributed by atoms with Crippen molar-refractivity contribution in [2.75, 3.05) is 18.6 Å². The summed E-state index contributed by atoms with van der Waals surface area (Å²) in [4.78, 5) is 20.5. The first-order valence-electron chi connectivity index (χ1n) is 6.56. The van der Waals surface area contributed by atoms with Gasteiger partial charge < -0.3 is 9.47 Å². The summed E-state index contributed by atoms with van der Waals surface area (Å²) in [5.41, 5.74) is 1.00. The molecule has 6 nitrogen and oxygen atoms in total. The number of benzene rings is 1. The molecule has 1 aromatic carbocycles. The summed E-state index contributed by atoms with van der Waals surface area (Å²) < 4.78 is 10.6. The standard InChI is InChI=1S/C15H17N3O3/c1-3-18(11-19)14-8-17-15(9-16-14)21-10-12-4-6-13(20-2)7-5-12/h4-9,11H,3,10H2,1-2H3. The first kappa shape index (κ1) is 14.8. The fourth-order valence-electron chi connectivity index (χ4n) is 1.70. The van der Waals surface area contributed by atoms with Crippen molar-refractivity contribution in [1.29, 1.82) is 0 Å². The Morgan fingerprint density at radius 3 is 2.48 bits per heavy atom. The third kappa shape index (κ3) is 3.92. The average Bonchev–Trinajstić information content (AvgIpc) is 2.55.